The van der Waals surface area contributed by atoms with Crippen LogP contribution in [0.5, 0.6) is 0 Å². The number of hydrogen-bond acceptors (Lipinski definition) is 4. The molecule has 2 rings (SSSR count). The van der Waals surface area contributed by atoms with Crippen LogP contribution in [0.15, 0.2) is 27.6 Å². The van der Waals surface area contributed by atoms with E-state index in [1.54, 1.807) is 25.3 Å². The maximum atomic E-state index is 12.3. The molecule has 0 aromatic carbocycles. The Morgan fingerprint density at radius 3 is 2.82 bits per heavy atom. The fraction of sp³-hybridized carbons (Fsp3) is 0.357. The molecule has 2 aromatic heterocycles. The molecule has 0 saturated heterocycles. The van der Waals surface area contributed by atoms with Gasteiger partial charge in [-0.25, -0.2) is 9.78 Å². The van der Waals surface area contributed by atoms with Gasteiger partial charge in [-0.2, -0.15) is 0 Å². The molecule has 2 N–H and O–H groups in total. The molecule has 0 fully saturated rings. The van der Waals surface area contributed by atoms with Crippen LogP contribution in [0.3, 0.4) is 0 Å². The Labute approximate surface area is 135 Å². The van der Waals surface area contributed by atoms with Crippen molar-refractivity contribution in [1.82, 2.24) is 14.3 Å². The Morgan fingerprint density at radius 1 is 1.55 bits per heavy atom. The summed E-state index contributed by atoms with van der Waals surface area (Å²) >= 11 is 3.31. The van der Waals surface area contributed by atoms with E-state index in [-0.39, 0.29) is 18.6 Å². The molecule has 7 nitrogen and oxygen atoms in total. The number of aromatic nitrogens is 2. The van der Waals surface area contributed by atoms with Gasteiger partial charge in [0.15, 0.2) is 0 Å². The minimum atomic E-state index is -1.17. The van der Waals surface area contributed by atoms with E-state index in [1.807, 2.05) is 0 Å². The minimum Gasteiger partial charge on any atom is -0.465 e. The molecule has 0 aliphatic rings. The van der Waals surface area contributed by atoms with E-state index < -0.39 is 12.2 Å². The lowest BCUT2D eigenvalue weighted by Crippen LogP contribution is -2.36. The summed E-state index contributed by atoms with van der Waals surface area (Å²) in [7, 11) is 0. The number of pyridine rings is 1. The van der Waals surface area contributed by atoms with Crippen molar-refractivity contribution >= 4 is 27.7 Å². The summed E-state index contributed by atoms with van der Waals surface area (Å²) in [5.41, 5.74) is 0.958. The van der Waals surface area contributed by atoms with E-state index >= 15 is 0 Å². The molecule has 1 unspecified atom stereocenters. The zero-order valence-corrected chi connectivity index (χ0v) is 13.7. The van der Waals surface area contributed by atoms with Gasteiger partial charge in [-0.3, -0.25) is 14.1 Å². The molecule has 0 spiro atoms. The third kappa shape index (κ3) is 3.45. The van der Waals surface area contributed by atoms with Gasteiger partial charge >= 0.3 is 6.09 Å². The SMILES string of the molecule is Cc1c(CN(CC(C)O)C(=O)O)nc2cc(Br)ccn2c1=O. The van der Waals surface area contributed by atoms with Crippen molar-refractivity contribution in [3.63, 3.8) is 0 Å². The van der Waals surface area contributed by atoms with Crippen LogP contribution in [0.25, 0.3) is 5.65 Å². The average Bonchev–Trinajstić information content (AvgIpc) is 2.42. The Morgan fingerprint density at radius 2 is 2.23 bits per heavy atom. The number of nitrogens with zero attached hydrogens (tertiary/aromatic N) is 3. The Balaban J connectivity index is 2.48. The molecule has 22 heavy (non-hydrogen) atoms. The number of halogens is 1. The van der Waals surface area contributed by atoms with Crippen LogP contribution in [0, 0.1) is 6.92 Å². The second-order valence-corrected chi connectivity index (χ2v) is 5.99. The van der Waals surface area contributed by atoms with Crippen LogP contribution < -0.4 is 5.56 Å². The fourth-order valence-electron chi connectivity index (χ4n) is 2.11. The Kier molecular flexibility index (Phi) is 4.82. The molecule has 0 radical (unpaired) electrons. The quantitative estimate of drug-likeness (QED) is 0.853. The Hall–Kier alpha value is -1.93. The number of carboxylic acid groups (broad SMARTS) is 1. The van der Waals surface area contributed by atoms with Crippen LogP contribution in [0.1, 0.15) is 18.2 Å². The number of carbonyl (C=O) groups is 1. The molecule has 2 aromatic rings. The van der Waals surface area contributed by atoms with Crippen molar-refractivity contribution in [1.29, 1.82) is 0 Å². The lowest BCUT2D eigenvalue weighted by Gasteiger charge is -2.21. The third-order valence-electron chi connectivity index (χ3n) is 3.21. The van der Waals surface area contributed by atoms with Gasteiger partial charge in [-0.1, -0.05) is 15.9 Å². The van der Waals surface area contributed by atoms with E-state index in [1.165, 1.54) is 11.3 Å². The first kappa shape index (κ1) is 16.4. The maximum Gasteiger partial charge on any atom is 0.407 e. The minimum absolute atomic E-state index is 0.0473. The summed E-state index contributed by atoms with van der Waals surface area (Å²) in [6, 6.07) is 3.41. The van der Waals surface area contributed by atoms with Gasteiger partial charge in [-0.05, 0) is 26.0 Å². The molecule has 0 aliphatic carbocycles. The van der Waals surface area contributed by atoms with E-state index in [2.05, 4.69) is 20.9 Å². The van der Waals surface area contributed by atoms with Crippen LogP contribution in [-0.4, -0.2) is 43.2 Å². The van der Waals surface area contributed by atoms with Crippen molar-refractivity contribution in [3.8, 4) is 0 Å². The van der Waals surface area contributed by atoms with E-state index in [0.717, 1.165) is 9.37 Å². The number of fused-ring (bicyclic) bond motifs is 1. The molecule has 0 bridgehead atoms. The summed E-state index contributed by atoms with van der Waals surface area (Å²) in [5, 5.41) is 18.6. The second kappa shape index (κ2) is 6.45. The molecule has 0 saturated carbocycles. The van der Waals surface area contributed by atoms with Gasteiger partial charge in [-0.15, -0.1) is 0 Å². The zero-order valence-electron chi connectivity index (χ0n) is 12.2. The molecular weight excluding hydrogens is 354 g/mol. The summed E-state index contributed by atoms with van der Waals surface area (Å²) in [6.45, 7) is 3.02. The summed E-state index contributed by atoms with van der Waals surface area (Å²) < 4.78 is 2.18. The maximum absolute atomic E-state index is 12.3. The largest absolute Gasteiger partial charge is 0.465 e. The molecule has 118 valence electrons. The highest BCUT2D eigenvalue weighted by Crippen LogP contribution is 2.13. The molecule has 1 atom stereocenters. The fourth-order valence-corrected chi connectivity index (χ4v) is 2.43. The summed E-state index contributed by atoms with van der Waals surface area (Å²) in [5.74, 6) is 0. The van der Waals surface area contributed by atoms with Crippen LogP contribution >= 0.6 is 15.9 Å². The van der Waals surface area contributed by atoms with Crippen molar-refractivity contribution in [3.05, 3.63) is 44.4 Å². The standard InChI is InChI=1S/C14H16BrN3O4/c1-8(19)6-17(14(21)22)7-11-9(2)13(20)18-4-3-10(15)5-12(18)16-11/h3-5,8,19H,6-7H2,1-2H3,(H,21,22). The second-order valence-electron chi connectivity index (χ2n) is 5.07. The van der Waals surface area contributed by atoms with Gasteiger partial charge in [0.2, 0.25) is 0 Å². The van der Waals surface area contributed by atoms with Crippen molar-refractivity contribution in [2.75, 3.05) is 6.54 Å². The summed E-state index contributed by atoms with van der Waals surface area (Å²) in [6.07, 6.45) is -0.361. The van der Waals surface area contributed by atoms with Crippen LogP contribution in [-0.2, 0) is 6.54 Å². The number of rotatable bonds is 4. The number of aliphatic hydroxyl groups is 1. The van der Waals surface area contributed by atoms with Gasteiger partial charge in [0.25, 0.3) is 5.56 Å². The number of hydrogen-bond donors (Lipinski definition) is 2. The third-order valence-corrected chi connectivity index (χ3v) is 3.71. The first-order valence-electron chi connectivity index (χ1n) is 6.63. The smallest absolute Gasteiger partial charge is 0.407 e. The van der Waals surface area contributed by atoms with Gasteiger partial charge in [0, 0.05) is 16.2 Å². The highest BCUT2D eigenvalue weighted by Gasteiger charge is 2.18. The Bertz CT molecular complexity index is 773. The number of amides is 1. The lowest BCUT2D eigenvalue weighted by atomic mass is 10.2. The van der Waals surface area contributed by atoms with Gasteiger partial charge in [0.05, 0.1) is 24.9 Å². The predicted molar refractivity (Wildman–Crippen MR) is 84.0 cm³/mol. The normalized spacial score (nSPS) is 12.4. The van der Waals surface area contributed by atoms with Crippen molar-refractivity contribution in [2.45, 2.75) is 26.5 Å². The highest BCUT2D eigenvalue weighted by atomic mass is 79.9. The topological polar surface area (TPSA) is 95.1 Å². The van der Waals surface area contributed by atoms with Crippen LogP contribution in [0.2, 0.25) is 0 Å². The van der Waals surface area contributed by atoms with Gasteiger partial charge < -0.3 is 10.2 Å². The molecule has 1 amide bonds. The highest BCUT2D eigenvalue weighted by molar-refractivity contribution is 9.10. The van der Waals surface area contributed by atoms with Crippen LogP contribution in [0.4, 0.5) is 4.79 Å². The van der Waals surface area contributed by atoms with Crippen molar-refractivity contribution in [2.24, 2.45) is 0 Å². The lowest BCUT2D eigenvalue weighted by molar-refractivity contribution is 0.101. The first-order valence-corrected chi connectivity index (χ1v) is 7.42. The van der Waals surface area contributed by atoms with E-state index in [9.17, 15) is 19.8 Å². The summed E-state index contributed by atoms with van der Waals surface area (Å²) in [4.78, 5) is 29.0. The molecule has 8 heteroatoms. The van der Waals surface area contributed by atoms with Gasteiger partial charge in [0.1, 0.15) is 5.65 Å². The van der Waals surface area contributed by atoms with E-state index in [0.29, 0.717) is 16.9 Å². The predicted octanol–water partition coefficient (Wildman–Crippen LogP) is 1.63. The molecule has 0 aliphatic heterocycles. The first-order chi connectivity index (χ1) is 10.3. The number of aliphatic hydroxyl groups excluding tert-OH is 1. The average molecular weight is 370 g/mol. The molecule has 2 heterocycles. The molecular formula is C14H16BrN3O4. The monoisotopic (exact) mass is 369 g/mol. The van der Waals surface area contributed by atoms with E-state index in [4.69, 9.17) is 0 Å². The zero-order chi connectivity index (χ0) is 16.4. The van der Waals surface area contributed by atoms with Crippen molar-refractivity contribution < 1.29 is 15.0 Å².